The summed E-state index contributed by atoms with van der Waals surface area (Å²) < 4.78 is 1.61. The molecule has 0 spiro atoms. The Morgan fingerprint density at radius 3 is 2.78 bits per heavy atom. The summed E-state index contributed by atoms with van der Waals surface area (Å²) in [6, 6.07) is 3.61. The Morgan fingerprint density at radius 1 is 1.39 bits per heavy atom. The molecule has 2 rings (SSSR count). The van der Waals surface area contributed by atoms with Crippen molar-refractivity contribution in [2.75, 3.05) is 0 Å². The van der Waals surface area contributed by atoms with Crippen molar-refractivity contribution in [3.63, 3.8) is 0 Å². The van der Waals surface area contributed by atoms with Crippen LogP contribution in [0.5, 0.6) is 0 Å². The lowest BCUT2D eigenvalue weighted by Gasteiger charge is -2.05. The summed E-state index contributed by atoms with van der Waals surface area (Å²) in [4.78, 5) is 8.58. The van der Waals surface area contributed by atoms with E-state index in [1.165, 1.54) is 0 Å². The molecule has 0 aliphatic heterocycles. The molecule has 0 aliphatic rings. The Hall–Kier alpha value is -1.93. The van der Waals surface area contributed by atoms with Crippen molar-refractivity contribution in [3.05, 3.63) is 34.5 Å². The monoisotopic (exact) mass is 261 g/mol. The zero-order valence-corrected chi connectivity index (χ0v) is 10.9. The molecule has 0 fully saturated rings. The summed E-state index contributed by atoms with van der Waals surface area (Å²) in [7, 11) is 0. The van der Waals surface area contributed by atoms with Crippen LogP contribution in [0.1, 0.15) is 31.1 Å². The lowest BCUT2D eigenvalue weighted by molar-refractivity contribution is 0.769. The first kappa shape index (κ1) is 12.5. The van der Waals surface area contributed by atoms with Gasteiger partial charge in [-0.3, -0.25) is 0 Å². The smallest absolute Gasteiger partial charge is 0.175 e. The topological polar surface area (TPSA) is 67.4 Å². The average Bonchev–Trinajstić information content (AvgIpc) is 2.82. The van der Waals surface area contributed by atoms with Gasteiger partial charge in [0, 0.05) is 19.0 Å². The summed E-state index contributed by atoms with van der Waals surface area (Å²) in [6.45, 7) is 3.97. The minimum Gasteiger partial charge on any atom is -0.236 e. The quantitative estimate of drug-likeness (QED) is 0.850. The Morgan fingerprint density at radius 2 is 2.17 bits per heavy atom. The van der Waals surface area contributed by atoms with Gasteiger partial charge in [-0.15, -0.1) is 5.10 Å². The van der Waals surface area contributed by atoms with E-state index in [1.54, 1.807) is 16.9 Å². The van der Waals surface area contributed by atoms with E-state index in [0.717, 1.165) is 24.5 Å². The van der Waals surface area contributed by atoms with Crippen molar-refractivity contribution in [1.29, 1.82) is 5.26 Å². The molecule has 0 bridgehead atoms. The number of rotatable bonds is 3. The van der Waals surface area contributed by atoms with Gasteiger partial charge in [0.05, 0.1) is 5.56 Å². The van der Waals surface area contributed by atoms with Crippen LogP contribution in [0.2, 0.25) is 5.02 Å². The minimum atomic E-state index is 0.308. The van der Waals surface area contributed by atoms with Crippen LogP contribution >= 0.6 is 11.6 Å². The number of nitrogens with zero attached hydrogens (tertiary/aromatic N) is 5. The molecule has 0 aliphatic carbocycles. The molecule has 0 radical (unpaired) electrons. The van der Waals surface area contributed by atoms with Crippen molar-refractivity contribution in [2.24, 2.45) is 0 Å². The van der Waals surface area contributed by atoms with E-state index in [-0.39, 0.29) is 0 Å². The summed E-state index contributed by atoms with van der Waals surface area (Å²) in [5.41, 5.74) is 0.386. The summed E-state index contributed by atoms with van der Waals surface area (Å²) in [6.07, 6.45) is 3.02. The third-order valence-corrected chi connectivity index (χ3v) is 2.92. The van der Waals surface area contributed by atoms with Gasteiger partial charge in [0.15, 0.2) is 11.6 Å². The Kier molecular flexibility index (Phi) is 3.58. The molecule has 0 unspecified atom stereocenters. The van der Waals surface area contributed by atoms with Gasteiger partial charge in [-0.25, -0.2) is 9.97 Å². The number of nitriles is 1. The number of aromatic nitrogens is 4. The van der Waals surface area contributed by atoms with Gasteiger partial charge in [0.25, 0.3) is 0 Å². The normalized spacial score (nSPS) is 10.3. The second-order valence-corrected chi connectivity index (χ2v) is 4.05. The lowest BCUT2D eigenvalue weighted by Crippen LogP contribution is -2.06. The van der Waals surface area contributed by atoms with Gasteiger partial charge in [-0.1, -0.05) is 25.4 Å². The molecule has 5 nitrogen and oxygen atoms in total. The highest BCUT2D eigenvalue weighted by Crippen LogP contribution is 2.22. The van der Waals surface area contributed by atoms with Gasteiger partial charge in [0.1, 0.15) is 16.9 Å². The van der Waals surface area contributed by atoms with Crippen molar-refractivity contribution in [3.8, 4) is 11.9 Å². The molecule has 0 N–H and O–H groups in total. The van der Waals surface area contributed by atoms with Crippen LogP contribution in [0.15, 0.2) is 12.3 Å². The molecule has 2 aromatic rings. The van der Waals surface area contributed by atoms with E-state index >= 15 is 0 Å². The first-order chi connectivity index (χ1) is 8.71. The molecular formula is C12H12ClN5. The molecule has 92 valence electrons. The molecule has 2 heterocycles. The van der Waals surface area contributed by atoms with Crippen molar-refractivity contribution < 1.29 is 0 Å². The van der Waals surface area contributed by atoms with E-state index in [1.807, 2.05) is 19.9 Å². The molecule has 0 amide bonds. The molecule has 0 saturated carbocycles. The average molecular weight is 262 g/mol. The molecule has 0 saturated heterocycles. The highest BCUT2D eigenvalue weighted by molar-refractivity contribution is 6.33. The molecule has 0 aromatic carbocycles. The summed E-state index contributed by atoms with van der Waals surface area (Å²) >= 11 is 6.15. The second-order valence-electron chi connectivity index (χ2n) is 3.67. The maximum atomic E-state index is 8.96. The van der Waals surface area contributed by atoms with Crippen LogP contribution in [0.25, 0.3) is 5.82 Å². The summed E-state index contributed by atoms with van der Waals surface area (Å²) in [5, 5.41) is 13.6. The number of halogens is 1. The molecule has 2 aromatic heterocycles. The van der Waals surface area contributed by atoms with Gasteiger partial charge in [-0.05, 0) is 6.07 Å². The zero-order valence-electron chi connectivity index (χ0n) is 10.2. The van der Waals surface area contributed by atoms with Crippen molar-refractivity contribution in [2.45, 2.75) is 26.7 Å². The number of pyridine rings is 1. The predicted molar refractivity (Wildman–Crippen MR) is 67.6 cm³/mol. The number of hydrogen-bond acceptors (Lipinski definition) is 4. The van der Waals surface area contributed by atoms with Crippen LogP contribution in [-0.4, -0.2) is 19.7 Å². The number of hydrogen-bond donors (Lipinski definition) is 0. The van der Waals surface area contributed by atoms with E-state index in [4.69, 9.17) is 16.9 Å². The van der Waals surface area contributed by atoms with Crippen LogP contribution in [0, 0.1) is 11.3 Å². The third kappa shape index (κ3) is 2.07. The van der Waals surface area contributed by atoms with Crippen LogP contribution in [0.4, 0.5) is 0 Å². The highest BCUT2D eigenvalue weighted by atomic mass is 35.5. The molecular weight excluding hydrogens is 250 g/mol. The van der Waals surface area contributed by atoms with E-state index in [9.17, 15) is 0 Å². The zero-order chi connectivity index (χ0) is 13.1. The SMILES string of the molecule is CCc1nc(CC)n(-c2nccc(C#N)c2Cl)n1. The molecule has 6 heteroatoms. The predicted octanol–water partition coefficient (Wildman–Crippen LogP) is 2.31. The Balaban J connectivity index is 2.62. The maximum Gasteiger partial charge on any atom is 0.175 e. The lowest BCUT2D eigenvalue weighted by atomic mass is 10.3. The van der Waals surface area contributed by atoms with E-state index < -0.39 is 0 Å². The van der Waals surface area contributed by atoms with Crippen molar-refractivity contribution >= 4 is 11.6 Å². The van der Waals surface area contributed by atoms with Gasteiger partial charge >= 0.3 is 0 Å². The van der Waals surface area contributed by atoms with Crippen LogP contribution in [0.3, 0.4) is 0 Å². The Labute approximate surface area is 110 Å². The fourth-order valence-electron chi connectivity index (χ4n) is 1.61. The number of aryl methyl sites for hydroxylation is 2. The maximum absolute atomic E-state index is 8.96. The van der Waals surface area contributed by atoms with Crippen molar-refractivity contribution in [1.82, 2.24) is 19.7 Å². The highest BCUT2D eigenvalue weighted by Gasteiger charge is 2.15. The molecule has 18 heavy (non-hydrogen) atoms. The van der Waals surface area contributed by atoms with Crippen LogP contribution < -0.4 is 0 Å². The van der Waals surface area contributed by atoms with Crippen LogP contribution in [-0.2, 0) is 12.8 Å². The van der Waals surface area contributed by atoms with Gasteiger partial charge in [-0.2, -0.15) is 9.94 Å². The first-order valence-corrected chi connectivity index (χ1v) is 6.08. The fraction of sp³-hybridized carbons (Fsp3) is 0.333. The summed E-state index contributed by atoms with van der Waals surface area (Å²) in [5.74, 6) is 1.99. The standard InChI is InChI=1S/C12H12ClN5/c1-3-9-16-10(4-2)18(17-9)12-11(13)8(7-14)5-6-15-12/h5-6H,3-4H2,1-2H3. The first-order valence-electron chi connectivity index (χ1n) is 5.71. The van der Waals surface area contributed by atoms with Gasteiger partial charge < -0.3 is 0 Å². The van der Waals surface area contributed by atoms with Gasteiger partial charge in [0.2, 0.25) is 0 Å². The van der Waals surface area contributed by atoms with E-state index in [2.05, 4.69) is 15.1 Å². The second kappa shape index (κ2) is 5.15. The fourth-order valence-corrected chi connectivity index (χ4v) is 1.84. The minimum absolute atomic E-state index is 0.308. The Bertz CT molecular complexity index is 611. The van der Waals surface area contributed by atoms with E-state index in [0.29, 0.717) is 16.4 Å². The largest absolute Gasteiger partial charge is 0.236 e. The molecule has 0 atom stereocenters. The third-order valence-electron chi connectivity index (χ3n) is 2.54.